The lowest BCUT2D eigenvalue weighted by molar-refractivity contribution is -0.121. The van der Waals surface area contributed by atoms with E-state index in [0.29, 0.717) is 23.6 Å². The maximum Gasteiger partial charge on any atom is 0.256 e. The zero-order chi connectivity index (χ0) is 20.2. The van der Waals surface area contributed by atoms with Gasteiger partial charge in [0.2, 0.25) is 5.91 Å². The van der Waals surface area contributed by atoms with E-state index in [-0.39, 0.29) is 11.8 Å². The molecule has 1 N–H and O–H groups in total. The van der Waals surface area contributed by atoms with Crippen molar-refractivity contribution in [3.8, 4) is 0 Å². The van der Waals surface area contributed by atoms with Crippen molar-refractivity contribution in [3.05, 3.63) is 76.8 Å². The number of nitrogens with one attached hydrogen (secondary N) is 1. The maximum atomic E-state index is 13.4. The molecule has 3 aromatic rings. The number of aromatic nitrogens is 3. The van der Waals surface area contributed by atoms with Crippen molar-refractivity contribution in [2.45, 2.75) is 17.9 Å². The van der Waals surface area contributed by atoms with E-state index in [1.165, 1.54) is 12.4 Å². The number of rotatable bonds is 2. The number of likely N-dealkylation sites (tertiary alicyclic amines) is 1. The molecular formula is C21H18ClN5O2. The van der Waals surface area contributed by atoms with E-state index in [2.05, 4.69) is 15.4 Å². The zero-order valence-electron chi connectivity index (χ0n) is 15.7. The molecule has 0 saturated carbocycles. The summed E-state index contributed by atoms with van der Waals surface area (Å²) in [4.78, 5) is 32.5. The van der Waals surface area contributed by atoms with Gasteiger partial charge in [-0.1, -0.05) is 29.8 Å². The van der Waals surface area contributed by atoms with Gasteiger partial charge >= 0.3 is 0 Å². The summed E-state index contributed by atoms with van der Waals surface area (Å²) in [7, 11) is 1.82. The number of amides is 2. The third kappa shape index (κ3) is 2.57. The fourth-order valence-corrected chi connectivity index (χ4v) is 4.82. The van der Waals surface area contributed by atoms with Gasteiger partial charge in [-0.3, -0.25) is 19.3 Å². The minimum Gasteiger partial charge on any atom is -0.330 e. The minimum absolute atomic E-state index is 0.0907. The van der Waals surface area contributed by atoms with Gasteiger partial charge in [0, 0.05) is 43.4 Å². The molecule has 8 heteroatoms. The number of hydrogen-bond donors (Lipinski definition) is 1. The molecule has 2 aromatic heterocycles. The first-order chi connectivity index (χ1) is 14.0. The van der Waals surface area contributed by atoms with Crippen molar-refractivity contribution in [1.29, 1.82) is 0 Å². The van der Waals surface area contributed by atoms with Gasteiger partial charge in [0.05, 0.1) is 22.8 Å². The number of halogens is 1. The molecule has 2 amide bonds. The van der Waals surface area contributed by atoms with E-state index in [1.54, 1.807) is 21.8 Å². The molecule has 146 valence electrons. The average Bonchev–Trinajstić information content (AvgIpc) is 3.39. The summed E-state index contributed by atoms with van der Waals surface area (Å²) in [5, 5.41) is 7.69. The Kier molecular flexibility index (Phi) is 3.96. The molecule has 0 radical (unpaired) electrons. The van der Waals surface area contributed by atoms with Crippen LogP contribution in [0.5, 0.6) is 0 Å². The van der Waals surface area contributed by atoms with Gasteiger partial charge in [0.1, 0.15) is 5.41 Å². The first kappa shape index (κ1) is 17.9. The van der Waals surface area contributed by atoms with Gasteiger partial charge in [-0.15, -0.1) is 0 Å². The summed E-state index contributed by atoms with van der Waals surface area (Å²) < 4.78 is 1.68. The molecule has 2 aliphatic rings. The Morgan fingerprint density at radius 2 is 2.10 bits per heavy atom. The fourth-order valence-electron chi connectivity index (χ4n) is 4.64. The second-order valence-corrected chi connectivity index (χ2v) is 7.90. The predicted molar refractivity (Wildman–Crippen MR) is 108 cm³/mol. The van der Waals surface area contributed by atoms with Gasteiger partial charge in [-0.05, 0) is 24.1 Å². The van der Waals surface area contributed by atoms with Gasteiger partial charge in [-0.25, -0.2) is 0 Å². The van der Waals surface area contributed by atoms with Crippen molar-refractivity contribution in [2.75, 3.05) is 11.9 Å². The fraction of sp³-hybridized carbons (Fsp3) is 0.238. The Hall–Kier alpha value is -3.19. The molecule has 7 nitrogen and oxygen atoms in total. The van der Waals surface area contributed by atoms with E-state index in [1.807, 2.05) is 37.5 Å². The lowest BCUT2D eigenvalue weighted by atomic mass is 9.73. The first-order valence-electron chi connectivity index (χ1n) is 9.32. The van der Waals surface area contributed by atoms with Crippen molar-refractivity contribution >= 4 is 29.1 Å². The molecule has 0 unspecified atom stereocenters. The summed E-state index contributed by atoms with van der Waals surface area (Å²) in [6, 6.07) is 8.80. The third-order valence-electron chi connectivity index (χ3n) is 5.84. The third-order valence-corrected chi connectivity index (χ3v) is 6.05. The monoisotopic (exact) mass is 407 g/mol. The van der Waals surface area contributed by atoms with Crippen LogP contribution >= 0.6 is 11.6 Å². The number of carbonyl (C=O) groups is 2. The maximum absolute atomic E-state index is 13.4. The highest BCUT2D eigenvalue weighted by Gasteiger charge is 2.59. The summed E-state index contributed by atoms with van der Waals surface area (Å²) in [6.07, 6.45) is 7.10. The topological polar surface area (TPSA) is 80.1 Å². The van der Waals surface area contributed by atoms with Crippen molar-refractivity contribution in [2.24, 2.45) is 7.05 Å². The molecule has 0 aliphatic carbocycles. The van der Waals surface area contributed by atoms with Crippen LogP contribution < -0.4 is 5.32 Å². The molecule has 4 heterocycles. The molecule has 29 heavy (non-hydrogen) atoms. The molecule has 1 saturated heterocycles. The van der Waals surface area contributed by atoms with Crippen LogP contribution in [-0.2, 0) is 17.3 Å². The zero-order valence-corrected chi connectivity index (χ0v) is 16.4. The molecule has 1 aromatic carbocycles. The van der Waals surface area contributed by atoms with E-state index < -0.39 is 11.5 Å². The van der Waals surface area contributed by atoms with E-state index in [0.717, 1.165) is 16.8 Å². The number of nitrogens with zero attached hydrogens (tertiary/aromatic N) is 4. The smallest absolute Gasteiger partial charge is 0.256 e. The van der Waals surface area contributed by atoms with Gasteiger partial charge in [0.25, 0.3) is 5.91 Å². The van der Waals surface area contributed by atoms with E-state index in [9.17, 15) is 9.59 Å². The molecule has 5 rings (SSSR count). The standard InChI is InChI=1S/C21H18ClN5O2/c1-26-12-14(10-24-26)18-21(16-4-2-3-5-17(16)25-20(21)29)6-7-27(18)19(28)13-8-15(22)11-23-9-13/h2-5,8-12,18H,6-7H2,1H3,(H,25,29)/t18-,21+/m0/s1. The van der Waals surface area contributed by atoms with Crippen molar-refractivity contribution < 1.29 is 9.59 Å². The summed E-state index contributed by atoms with van der Waals surface area (Å²) in [5.41, 5.74) is 2.07. The van der Waals surface area contributed by atoms with Gasteiger partial charge in [0.15, 0.2) is 0 Å². The number of pyridine rings is 1. The number of carbonyl (C=O) groups excluding carboxylic acids is 2. The lowest BCUT2D eigenvalue weighted by Gasteiger charge is -2.33. The predicted octanol–water partition coefficient (Wildman–Crippen LogP) is 2.95. The highest BCUT2D eigenvalue weighted by molar-refractivity contribution is 6.30. The highest BCUT2D eigenvalue weighted by atomic mass is 35.5. The number of fused-ring (bicyclic) bond motifs is 2. The van der Waals surface area contributed by atoms with Crippen LogP contribution in [0.2, 0.25) is 5.02 Å². The quantitative estimate of drug-likeness (QED) is 0.708. The summed E-state index contributed by atoms with van der Waals surface area (Å²) in [5.74, 6) is -0.296. The van der Waals surface area contributed by atoms with Crippen LogP contribution in [0.25, 0.3) is 0 Å². The Morgan fingerprint density at radius 3 is 2.86 bits per heavy atom. The molecule has 2 aliphatic heterocycles. The van der Waals surface area contributed by atoms with Gasteiger partial charge < -0.3 is 10.2 Å². The lowest BCUT2D eigenvalue weighted by Crippen LogP contribution is -2.42. The van der Waals surface area contributed by atoms with Crippen LogP contribution in [0.4, 0.5) is 5.69 Å². The second kappa shape index (κ2) is 6.42. The molecule has 1 spiro atoms. The number of anilines is 1. The van der Waals surface area contributed by atoms with Gasteiger partial charge in [-0.2, -0.15) is 5.10 Å². The van der Waals surface area contributed by atoms with Crippen LogP contribution in [0, 0.1) is 0 Å². The molecular weight excluding hydrogens is 390 g/mol. The Bertz CT molecular complexity index is 1140. The molecule has 1 fully saturated rings. The molecule has 2 atom stereocenters. The second-order valence-electron chi connectivity index (χ2n) is 7.46. The first-order valence-corrected chi connectivity index (χ1v) is 9.69. The number of para-hydroxylation sites is 1. The van der Waals surface area contributed by atoms with E-state index >= 15 is 0 Å². The van der Waals surface area contributed by atoms with Crippen LogP contribution in [0.15, 0.2) is 55.1 Å². The van der Waals surface area contributed by atoms with Crippen molar-refractivity contribution in [3.63, 3.8) is 0 Å². The largest absolute Gasteiger partial charge is 0.330 e. The van der Waals surface area contributed by atoms with Crippen molar-refractivity contribution in [1.82, 2.24) is 19.7 Å². The minimum atomic E-state index is -0.860. The normalized spacial score (nSPS) is 22.8. The Morgan fingerprint density at radius 1 is 1.28 bits per heavy atom. The average molecular weight is 408 g/mol. The number of hydrogen-bond acceptors (Lipinski definition) is 4. The Balaban J connectivity index is 1.66. The summed E-state index contributed by atoms with van der Waals surface area (Å²) >= 11 is 6.05. The van der Waals surface area contributed by atoms with Crippen LogP contribution in [0.1, 0.15) is 33.9 Å². The number of aryl methyl sites for hydroxylation is 1. The van der Waals surface area contributed by atoms with Crippen LogP contribution in [-0.4, -0.2) is 38.0 Å². The summed E-state index contributed by atoms with van der Waals surface area (Å²) in [6.45, 7) is 0.437. The highest BCUT2D eigenvalue weighted by Crippen LogP contribution is 2.54. The Labute approximate surface area is 172 Å². The molecule has 0 bridgehead atoms. The van der Waals surface area contributed by atoms with Crippen LogP contribution in [0.3, 0.4) is 0 Å². The number of benzene rings is 1. The van der Waals surface area contributed by atoms with E-state index in [4.69, 9.17) is 11.6 Å². The SMILES string of the molecule is Cn1cc([C@@H]2N(C(=O)c3cncc(Cl)c3)CC[C@]23C(=O)Nc2ccccc23)cn1.